The van der Waals surface area contributed by atoms with Crippen LogP contribution in [0.1, 0.15) is 43.0 Å². The quantitative estimate of drug-likeness (QED) is 0.421. The van der Waals surface area contributed by atoms with Crippen LogP contribution in [0.25, 0.3) is 5.70 Å². The van der Waals surface area contributed by atoms with Crippen LogP contribution < -0.4 is 5.32 Å². The second-order valence-corrected chi connectivity index (χ2v) is 8.97. The van der Waals surface area contributed by atoms with E-state index in [0.717, 1.165) is 0 Å². The maximum Gasteiger partial charge on any atom is 0.422 e. The van der Waals surface area contributed by atoms with Gasteiger partial charge in [0.1, 0.15) is 12.3 Å². The second-order valence-electron chi connectivity index (χ2n) is 8.12. The van der Waals surface area contributed by atoms with Crippen LogP contribution in [0.2, 0.25) is 0 Å². The van der Waals surface area contributed by atoms with Gasteiger partial charge in [0.15, 0.2) is 5.60 Å². The average Bonchev–Trinajstić information content (AvgIpc) is 2.71. The Hall–Kier alpha value is -2.45. The van der Waals surface area contributed by atoms with Crippen LogP contribution in [-0.2, 0) is 10.2 Å². The molecule has 2 atom stereocenters. The lowest BCUT2D eigenvalue weighted by atomic mass is 9.75. The molecule has 0 fully saturated rings. The molecule has 1 aliphatic rings. The van der Waals surface area contributed by atoms with E-state index in [1.807, 2.05) is 0 Å². The summed E-state index contributed by atoms with van der Waals surface area (Å²) in [6.07, 6.45) is -2.93. The number of aldehydes is 1. The minimum absolute atomic E-state index is 0.204. The lowest BCUT2D eigenvalue weighted by molar-refractivity contribution is -0.234. The van der Waals surface area contributed by atoms with Crippen molar-refractivity contribution in [2.75, 3.05) is 0 Å². The van der Waals surface area contributed by atoms with E-state index in [4.69, 9.17) is 0 Å². The van der Waals surface area contributed by atoms with E-state index in [1.165, 1.54) is 6.20 Å². The zero-order valence-corrected chi connectivity index (χ0v) is 18.5. The first-order chi connectivity index (χ1) is 14.5. The molecule has 0 saturated heterocycles. The van der Waals surface area contributed by atoms with Crippen molar-refractivity contribution in [3.05, 3.63) is 75.9 Å². The van der Waals surface area contributed by atoms with Crippen molar-refractivity contribution in [3.8, 4) is 0 Å². The molecule has 1 heterocycles. The third-order valence-corrected chi connectivity index (χ3v) is 6.02. The number of rotatable bonds is 6. The number of alkyl halides is 3. The van der Waals surface area contributed by atoms with Crippen molar-refractivity contribution in [3.63, 3.8) is 0 Å². The third kappa shape index (κ3) is 4.75. The van der Waals surface area contributed by atoms with Gasteiger partial charge >= 0.3 is 6.18 Å². The molecule has 2 N–H and O–H groups in total. The Labute approximate surface area is 187 Å². The number of fused-ring (bicyclic) bond motifs is 1. The van der Waals surface area contributed by atoms with Crippen LogP contribution in [0.15, 0.2) is 64.2 Å². The van der Waals surface area contributed by atoms with E-state index >= 15 is 0 Å². The van der Waals surface area contributed by atoms with Crippen LogP contribution in [-0.4, -0.2) is 29.4 Å². The standard InChI is InChI=1S/C23H22BrF3N2O2/c1-21(2,17-9-5-6-10-18(17)24)13-22(31,23(25,26)27)14-29-19-11-28-20(12-30)16-8-4-3-7-15(16)19/h3-12,14,20,28,31H,13H2,1-2H3. The number of carbonyl (C=O) groups excluding carboxylic acids is 1. The summed E-state index contributed by atoms with van der Waals surface area (Å²) < 4.78 is 42.6. The molecule has 8 heteroatoms. The summed E-state index contributed by atoms with van der Waals surface area (Å²) in [5.41, 5.74) is -2.20. The monoisotopic (exact) mass is 494 g/mol. The van der Waals surface area contributed by atoms with Gasteiger partial charge in [-0.2, -0.15) is 13.2 Å². The van der Waals surface area contributed by atoms with Crippen LogP contribution >= 0.6 is 15.9 Å². The number of hydrogen-bond acceptors (Lipinski definition) is 4. The molecule has 164 valence electrons. The fourth-order valence-corrected chi connectivity index (χ4v) is 4.55. The van der Waals surface area contributed by atoms with Crippen molar-refractivity contribution >= 4 is 34.1 Å². The van der Waals surface area contributed by atoms with Gasteiger partial charge in [0.2, 0.25) is 0 Å². The van der Waals surface area contributed by atoms with Crippen molar-refractivity contribution < 1.29 is 23.1 Å². The van der Waals surface area contributed by atoms with E-state index in [1.54, 1.807) is 62.4 Å². The summed E-state index contributed by atoms with van der Waals surface area (Å²) in [5.74, 6) is 0. The molecule has 3 rings (SSSR count). The molecule has 0 saturated carbocycles. The molecule has 2 aromatic carbocycles. The molecule has 2 aromatic rings. The zero-order valence-electron chi connectivity index (χ0n) is 16.9. The van der Waals surface area contributed by atoms with Crippen molar-refractivity contribution in [1.82, 2.24) is 5.32 Å². The average molecular weight is 495 g/mol. The summed E-state index contributed by atoms with van der Waals surface area (Å²) in [6, 6.07) is 13.2. The highest BCUT2D eigenvalue weighted by atomic mass is 79.9. The molecule has 0 spiro atoms. The highest BCUT2D eigenvalue weighted by molar-refractivity contribution is 9.10. The smallest absolute Gasteiger partial charge is 0.376 e. The van der Waals surface area contributed by atoms with Crippen LogP contribution in [0.5, 0.6) is 0 Å². The lowest BCUT2D eigenvalue weighted by Crippen LogP contribution is -2.50. The fourth-order valence-electron chi connectivity index (χ4n) is 3.73. The van der Waals surface area contributed by atoms with Crippen molar-refractivity contribution in [1.29, 1.82) is 0 Å². The Kier molecular flexibility index (Phi) is 6.43. The van der Waals surface area contributed by atoms with Gasteiger partial charge < -0.3 is 15.2 Å². The number of benzene rings is 2. The van der Waals surface area contributed by atoms with Gasteiger partial charge in [-0.05, 0) is 29.0 Å². The molecular weight excluding hydrogens is 473 g/mol. The molecule has 0 amide bonds. The summed E-state index contributed by atoms with van der Waals surface area (Å²) in [6.45, 7) is 3.28. The third-order valence-electron chi connectivity index (χ3n) is 5.33. The van der Waals surface area contributed by atoms with Crippen LogP contribution in [0.3, 0.4) is 0 Å². The maximum atomic E-state index is 14.0. The number of aliphatic hydroxyl groups is 1. The number of nitrogens with zero attached hydrogens (tertiary/aromatic N) is 1. The van der Waals surface area contributed by atoms with Gasteiger partial charge in [-0.3, -0.25) is 4.99 Å². The molecule has 4 nitrogen and oxygen atoms in total. The maximum absolute atomic E-state index is 14.0. The Bertz CT molecular complexity index is 1030. The summed E-state index contributed by atoms with van der Waals surface area (Å²) in [5, 5.41) is 13.5. The molecule has 2 unspecified atom stereocenters. The van der Waals surface area contributed by atoms with Crippen LogP contribution in [0.4, 0.5) is 13.2 Å². The van der Waals surface area contributed by atoms with Gasteiger partial charge in [0.05, 0.1) is 5.70 Å². The minimum atomic E-state index is -4.94. The van der Waals surface area contributed by atoms with Gasteiger partial charge in [0.25, 0.3) is 0 Å². The molecule has 0 aliphatic carbocycles. The molecule has 0 radical (unpaired) electrons. The van der Waals surface area contributed by atoms with Gasteiger partial charge in [-0.15, -0.1) is 0 Å². The normalized spacial score (nSPS) is 18.7. The number of halogens is 4. The first kappa shape index (κ1) is 23.2. The number of aliphatic imine (C=N–C) groups is 1. The molecule has 0 bridgehead atoms. The predicted molar refractivity (Wildman–Crippen MR) is 118 cm³/mol. The lowest BCUT2D eigenvalue weighted by Gasteiger charge is -2.36. The number of carbonyl (C=O) groups is 1. The second kappa shape index (κ2) is 8.59. The summed E-state index contributed by atoms with van der Waals surface area (Å²) in [7, 11) is 0. The van der Waals surface area contributed by atoms with Gasteiger partial charge in [-0.1, -0.05) is 72.2 Å². The van der Waals surface area contributed by atoms with E-state index < -0.39 is 29.7 Å². The summed E-state index contributed by atoms with van der Waals surface area (Å²) >= 11 is 3.38. The van der Waals surface area contributed by atoms with Crippen molar-refractivity contribution in [2.45, 2.75) is 43.5 Å². The van der Waals surface area contributed by atoms with Crippen molar-refractivity contribution in [2.24, 2.45) is 4.99 Å². The Morgan fingerprint density at radius 3 is 2.42 bits per heavy atom. The first-order valence-corrected chi connectivity index (χ1v) is 10.4. The van der Waals surface area contributed by atoms with E-state index in [0.29, 0.717) is 33.7 Å². The van der Waals surface area contributed by atoms with Gasteiger partial charge in [-0.25, -0.2) is 0 Å². The fraction of sp³-hybridized carbons (Fsp3) is 0.304. The molecular formula is C23H22BrF3N2O2. The van der Waals surface area contributed by atoms with E-state index in [-0.39, 0.29) is 5.70 Å². The first-order valence-electron chi connectivity index (χ1n) is 9.59. The highest BCUT2D eigenvalue weighted by Gasteiger charge is 2.55. The zero-order chi connectivity index (χ0) is 22.9. The Morgan fingerprint density at radius 1 is 1.13 bits per heavy atom. The molecule has 1 aliphatic heterocycles. The number of hydrogen-bond donors (Lipinski definition) is 2. The minimum Gasteiger partial charge on any atom is -0.376 e. The van der Waals surface area contributed by atoms with Crippen LogP contribution in [0, 0.1) is 0 Å². The summed E-state index contributed by atoms with van der Waals surface area (Å²) in [4.78, 5) is 15.3. The predicted octanol–water partition coefficient (Wildman–Crippen LogP) is 5.32. The topological polar surface area (TPSA) is 61.7 Å². The largest absolute Gasteiger partial charge is 0.422 e. The Balaban J connectivity index is 1.97. The van der Waals surface area contributed by atoms with E-state index in [9.17, 15) is 23.1 Å². The highest BCUT2D eigenvalue weighted by Crippen LogP contribution is 2.42. The number of nitrogens with one attached hydrogen (secondary N) is 1. The molecule has 0 aromatic heterocycles. The van der Waals surface area contributed by atoms with E-state index in [2.05, 4.69) is 26.2 Å². The SMILES string of the molecule is CC(C)(CC(O)(C=NC1=CNC(C=O)c2ccccc21)C(F)(F)F)c1ccccc1Br. The Morgan fingerprint density at radius 2 is 1.77 bits per heavy atom. The van der Waals surface area contributed by atoms with Gasteiger partial charge in [0, 0.05) is 22.5 Å². The molecule has 31 heavy (non-hydrogen) atoms.